The third kappa shape index (κ3) is 3.83. The zero-order valence-corrected chi connectivity index (χ0v) is 13.1. The normalized spacial score (nSPS) is 19.1. The number of nitrogens with two attached hydrogens (primary N) is 1. The molecule has 19 heavy (non-hydrogen) atoms. The number of hydrogen-bond acceptors (Lipinski definition) is 2. The van der Waals surface area contributed by atoms with Crippen molar-refractivity contribution in [1.82, 2.24) is 0 Å². The lowest BCUT2D eigenvalue weighted by molar-refractivity contribution is 0.232. The van der Waals surface area contributed by atoms with Gasteiger partial charge in [-0.2, -0.15) is 0 Å². The summed E-state index contributed by atoms with van der Waals surface area (Å²) in [5, 5.41) is 4.26. The third-order valence-corrected chi connectivity index (χ3v) is 4.40. The Balaban J connectivity index is 2.11. The van der Waals surface area contributed by atoms with Crippen LogP contribution in [0, 0.1) is 5.41 Å². The van der Waals surface area contributed by atoms with Crippen LogP contribution in [-0.2, 0) is 0 Å². The number of anilines is 1. The van der Waals surface area contributed by atoms with Gasteiger partial charge in [0.25, 0.3) is 0 Å². The Bertz CT molecular complexity index is 475. The number of thiocarbonyl (C=S) groups is 1. The fraction of sp³-hybridized carbons (Fsp3) is 0.533. The van der Waals surface area contributed by atoms with Gasteiger partial charge < -0.3 is 11.1 Å². The second-order valence-corrected chi connectivity index (χ2v) is 7.01. The van der Waals surface area contributed by atoms with Gasteiger partial charge in [0.05, 0.1) is 0 Å². The molecule has 0 bridgehead atoms. The molecule has 0 heterocycles. The van der Waals surface area contributed by atoms with Crippen molar-refractivity contribution >= 4 is 34.5 Å². The highest BCUT2D eigenvalue weighted by atomic mass is 35.5. The highest BCUT2D eigenvalue weighted by Crippen LogP contribution is 2.36. The molecule has 4 heteroatoms. The topological polar surface area (TPSA) is 38.0 Å². The van der Waals surface area contributed by atoms with Crippen LogP contribution in [0.1, 0.15) is 45.1 Å². The zero-order valence-electron chi connectivity index (χ0n) is 11.5. The third-order valence-electron chi connectivity index (χ3n) is 3.95. The predicted molar refractivity (Wildman–Crippen MR) is 87.0 cm³/mol. The molecule has 3 N–H and O–H groups in total. The van der Waals surface area contributed by atoms with Crippen LogP contribution in [0.3, 0.4) is 0 Å². The Kier molecular flexibility index (Phi) is 4.36. The van der Waals surface area contributed by atoms with Crippen LogP contribution in [0.4, 0.5) is 5.69 Å². The van der Waals surface area contributed by atoms with Gasteiger partial charge >= 0.3 is 0 Å². The SMILES string of the molecule is CC1(C)CCC(Nc2cc(Cl)ccc2C(N)=S)CC1. The van der Waals surface area contributed by atoms with Gasteiger partial charge in [-0.3, -0.25) is 0 Å². The average Bonchev–Trinajstić information content (AvgIpc) is 2.31. The molecule has 0 spiro atoms. The van der Waals surface area contributed by atoms with Gasteiger partial charge in [0.15, 0.2) is 0 Å². The van der Waals surface area contributed by atoms with Crippen molar-refractivity contribution in [3.05, 3.63) is 28.8 Å². The predicted octanol–water partition coefficient (Wildman–Crippen LogP) is 4.35. The smallest absolute Gasteiger partial charge is 0.106 e. The minimum atomic E-state index is 0.412. The van der Waals surface area contributed by atoms with E-state index in [2.05, 4.69) is 19.2 Å². The molecule has 1 aromatic carbocycles. The number of nitrogens with one attached hydrogen (secondary N) is 1. The molecule has 2 rings (SSSR count). The van der Waals surface area contributed by atoms with Gasteiger partial charge in [-0.15, -0.1) is 0 Å². The Morgan fingerprint density at radius 1 is 1.37 bits per heavy atom. The van der Waals surface area contributed by atoms with Gasteiger partial charge in [0.1, 0.15) is 4.99 Å². The zero-order chi connectivity index (χ0) is 14.0. The van der Waals surface area contributed by atoms with Gasteiger partial charge in [-0.1, -0.05) is 37.7 Å². The van der Waals surface area contributed by atoms with Crippen molar-refractivity contribution in [2.24, 2.45) is 11.1 Å². The quantitative estimate of drug-likeness (QED) is 0.814. The molecule has 1 fully saturated rings. The second-order valence-electron chi connectivity index (χ2n) is 6.14. The number of benzene rings is 1. The van der Waals surface area contributed by atoms with Crippen molar-refractivity contribution in [1.29, 1.82) is 0 Å². The van der Waals surface area contributed by atoms with Crippen LogP contribution >= 0.6 is 23.8 Å². The minimum absolute atomic E-state index is 0.412. The molecule has 0 saturated heterocycles. The first-order valence-electron chi connectivity index (χ1n) is 6.73. The Morgan fingerprint density at radius 2 is 2.00 bits per heavy atom. The van der Waals surface area contributed by atoms with Crippen molar-refractivity contribution < 1.29 is 0 Å². The minimum Gasteiger partial charge on any atom is -0.389 e. The van der Waals surface area contributed by atoms with Crippen molar-refractivity contribution in [3.8, 4) is 0 Å². The summed E-state index contributed by atoms with van der Waals surface area (Å²) in [5.74, 6) is 0. The summed E-state index contributed by atoms with van der Waals surface area (Å²) >= 11 is 11.2. The van der Waals surface area contributed by atoms with E-state index in [4.69, 9.17) is 29.6 Å². The van der Waals surface area contributed by atoms with E-state index in [1.807, 2.05) is 18.2 Å². The van der Waals surface area contributed by atoms with Crippen LogP contribution in [0.5, 0.6) is 0 Å². The lowest BCUT2D eigenvalue weighted by Gasteiger charge is -2.35. The molecule has 2 nitrogen and oxygen atoms in total. The van der Waals surface area contributed by atoms with Crippen LogP contribution < -0.4 is 11.1 Å². The van der Waals surface area contributed by atoms with Crippen LogP contribution in [0.25, 0.3) is 0 Å². The molecule has 0 unspecified atom stereocenters. The molecule has 0 amide bonds. The number of hydrogen-bond donors (Lipinski definition) is 2. The highest BCUT2D eigenvalue weighted by molar-refractivity contribution is 7.80. The van der Waals surface area contributed by atoms with Gasteiger partial charge in [0.2, 0.25) is 0 Å². The van der Waals surface area contributed by atoms with E-state index in [1.54, 1.807) is 0 Å². The maximum Gasteiger partial charge on any atom is 0.106 e. The van der Waals surface area contributed by atoms with E-state index >= 15 is 0 Å². The Hall–Kier alpha value is -0.800. The Labute approximate surface area is 125 Å². The van der Waals surface area contributed by atoms with E-state index in [-0.39, 0.29) is 0 Å². The molecule has 104 valence electrons. The van der Waals surface area contributed by atoms with E-state index in [0.717, 1.165) is 11.3 Å². The Morgan fingerprint density at radius 3 is 2.58 bits per heavy atom. The molecule has 0 atom stereocenters. The second kappa shape index (κ2) is 5.68. The average molecular weight is 297 g/mol. The summed E-state index contributed by atoms with van der Waals surface area (Å²) in [7, 11) is 0. The van der Waals surface area contributed by atoms with E-state index in [9.17, 15) is 0 Å². The standard InChI is InChI=1S/C15H21ClN2S/c1-15(2)7-5-11(6-8-15)18-13-9-10(16)3-4-12(13)14(17)19/h3-4,9,11,18H,5-8H2,1-2H3,(H2,17,19). The molecule has 1 aliphatic carbocycles. The molecule has 0 aromatic heterocycles. The van der Waals surface area contributed by atoms with E-state index in [1.165, 1.54) is 25.7 Å². The van der Waals surface area contributed by atoms with Crippen molar-refractivity contribution in [3.63, 3.8) is 0 Å². The van der Waals surface area contributed by atoms with E-state index < -0.39 is 0 Å². The highest BCUT2D eigenvalue weighted by Gasteiger charge is 2.27. The first-order valence-corrected chi connectivity index (χ1v) is 7.52. The summed E-state index contributed by atoms with van der Waals surface area (Å²) in [5.41, 5.74) is 8.07. The van der Waals surface area contributed by atoms with Gasteiger partial charge in [0, 0.05) is 22.3 Å². The first-order chi connectivity index (χ1) is 8.87. The molecule has 1 saturated carbocycles. The lowest BCUT2D eigenvalue weighted by Crippen LogP contribution is -2.30. The summed E-state index contributed by atoms with van der Waals surface area (Å²) in [6, 6.07) is 6.11. The van der Waals surface area contributed by atoms with Crippen LogP contribution in [0.15, 0.2) is 18.2 Å². The molecule has 1 aromatic rings. The molecule has 0 radical (unpaired) electrons. The maximum atomic E-state index is 6.06. The number of rotatable bonds is 3. The van der Waals surface area contributed by atoms with E-state index in [0.29, 0.717) is 21.5 Å². The van der Waals surface area contributed by atoms with Crippen molar-refractivity contribution in [2.75, 3.05) is 5.32 Å². The molecular weight excluding hydrogens is 276 g/mol. The van der Waals surface area contributed by atoms with Crippen molar-refractivity contribution in [2.45, 2.75) is 45.6 Å². The van der Waals surface area contributed by atoms with Crippen LogP contribution in [0.2, 0.25) is 5.02 Å². The first kappa shape index (κ1) is 14.6. The maximum absolute atomic E-state index is 6.06. The largest absolute Gasteiger partial charge is 0.389 e. The summed E-state index contributed by atoms with van der Waals surface area (Å²) in [6.45, 7) is 4.67. The monoisotopic (exact) mass is 296 g/mol. The summed E-state index contributed by atoms with van der Waals surface area (Å²) in [4.78, 5) is 0.412. The van der Waals surface area contributed by atoms with Crippen LogP contribution in [-0.4, -0.2) is 11.0 Å². The fourth-order valence-corrected chi connectivity index (χ4v) is 2.96. The molecular formula is C15H21ClN2S. The molecule has 1 aliphatic rings. The van der Waals surface area contributed by atoms with Gasteiger partial charge in [-0.25, -0.2) is 0 Å². The number of halogens is 1. The summed E-state index contributed by atoms with van der Waals surface area (Å²) in [6.07, 6.45) is 4.84. The fourth-order valence-electron chi connectivity index (χ4n) is 2.61. The molecule has 0 aliphatic heterocycles. The summed E-state index contributed by atoms with van der Waals surface area (Å²) < 4.78 is 0. The van der Waals surface area contributed by atoms with Gasteiger partial charge in [-0.05, 0) is 49.3 Å². The lowest BCUT2D eigenvalue weighted by atomic mass is 9.75.